The molecule has 1 aliphatic heterocycles. The van der Waals surface area contributed by atoms with Gasteiger partial charge in [0, 0.05) is 20.3 Å². The van der Waals surface area contributed by atoms with E-state index in [0.29, 0.717) is 18.2 Å². The van der Waals surface area contributed by atoms with E-state index in [0.717, 1.165) is 17.1 Å². The Morgan fingerprint density at radius 2 is 2.14 bits per heavy atom. The topological polar surface area (TPSA) is 67.6 Å². The number of benzene rings is 1. The zero-order valence-corrected chi connectivity index (χ0v) is 12.8. The molecule has 114 valence electrons. The summed E-state index contributed by atoms with van der Waals surface area (Å²) in [6, 6.07) is 5.82. The molecule has 0 bridgehead atoms. The molecular weight excluding hydrogens is 280 g/mol. The van der Waals surface area contributed by atoms with Crippen LogP contribution in [0.2, 0.25) is 0 Å². The number of anilines is 1. The van der Waals surface area contributed by atoms with Gasteiger partial charge in [0.1, 0.15) is 18.8 Å². The first-order chi connectivity index (χ1) is 10.7. The zero-order valence-electron chi connectivity index (χ0n) is 12.8. The molecule has 3 rings (SSSR count). The van der Waals surface area contributed by atoms with E-state index in [1.807, 2.05) is 49.5 Å². The molecule has 0 amide bonds. The van der Waals surface area contributed by atoms with Gasteiger partial charge in [-0.05, 0) is 18.2 Å². The molecule has 0 spiro atoms. The highest BCUT2D eigenvalue weighted by Crippen LogP contribution is 2.34. The van der Waals surface area contributed by atoms with Crippen molar-refractivity contribution in [1.29, 1.82) is 0 Å². The summed E-state index contributed by atoms with van der Waals surface area (Å²) in [6.07, 6.45) is 5.57. The van der Waals surface area contributed by atoms with Crippen molar-refractivity contribution in [3.05, 3.63) is 36.8 Å². The van der Waals surface area contributed by atoms with Gasteiger partial charge in [-0.2, -0.15) is 5.10 Å². The number of methoxy groups -OCH3 is 1. The molecule has 0 unspecified atom stereocenters. The first kappa shape index (κ1) is 14.1. The second-order valence-electron chi connectivity index (χ2n) is 5.01. The van der Waals surface area contributed by atoms with Crippen LogP contribution < -0.4 is 10.1 Å². The van der Waals surface area contributed by atoms with E-state index in [9.17, 15) is 0 Å². The number of aromatic nitrogens is 3. The maximum Gasteiger partial charge on any atom is 0.184 e. The zero-order chi connectivity index (χ0) is 15.5. The third-order valence-electron chi connectivity index (χ3n) is 3.27. The van der Waals surface area contributed by atoms with Crippen LogP contribution in [0.1, 0.15) is 0 Å². The molecule has 2 aromatic rings. The molecular formula is C15H18N6O. The van der Waals surface area contributed by atoms with E-state index in [4.69, 9.17) is 4.74 Å². The molecule has 2 heterocycles. The van der Waals surface area contributed by atoms with Crippen LogP contribution in [0.15, 0.2) is 41.8 Å². The number of ether oxygens (including phenoxy) is 1. The third kappa shape index (κ3) is 2.78. The number of aryl methyl sites for hydroxylation is 1. The van der Waals surface area contributed by atoms with Gasteiger partial charge in [0.2, 0.25) is 0 Å². The first-order valence-corrected chi connectivity index (χ1v) is 6.90. The fourth-order valence-electron chi connectivity index (χ4n) is 2.20. The Kier molecular flexibility index (Phi) is 3.78. The van der Waals surface area contributed by atoms with Crippen LogP contribution in [0.5, 0.6) is 5.75 Å². The molecule has 7 nitrogen and oxygen atoms in total. The Hall–Kier alpha value is -2.83. The van der Waals surface area contributed by atoms with Crippen molar-refractivity contribution >= 4 is 11.5 Å². The second-order valence-corrected chi connectivity index (χ2v) is 5.01. The van der Waals surface area contributed by atoms with Gasteiger partial charge in [-0.3, -0.25) is 4.68 Å². The Bertz CT molecular complexity index is 733. The Labute approximate surface area is 128 Å². The SMILES string of the molecule is COc1c(NC2=NCN(C)C=C2)cccc1-c1ncn(C)n1. The lowest BCUT2D eigenvalue weighted by Gasteiger charge is -2.19. The maximum absolute atomic E-state index is 5.56. The predicted octanol–water partition coefficient (Wildman–Crippen LogP) is 1.72. The molecule has 0 aliphatic carbocycles. The van der Waals surface area contributed by atoms with Crippen LogP contribution in [0, 0.1) is 0 Å². The maximum atomic E-state index is 5.56. The smallest absolute Gasteiger partial charge is 0.184 e. The van der Waals surface area contributed by atoms with Crippen LogP contribution in [0.4, 0.5) is 5.69 Å². The van der Waals surface area contributed by atoms with Gasteiger partial charge in [-0.15, -0.1) is 0 Å². The molecule has 0 atom stereocenters. The molecule has 0 fully saturated rings. The number of hydrogen-bond donors (Lipinski definition) is 1. The van der Waals surface area contributed by atoms with Crippen molar-refractivity contribution in [3.8, 4) is 17.1 Å². The number of aliphatic imine (C=N–C) groups is 1. The van der Waals surface area contributed by atoms with Crippen molar-refractivity contribution in [1.82, 2.24) is 19.7 Å². The van der Waals surface area contributed by atoms with Gasteiger partial charge in [-0.25, -0.2) is 9.98 Å². The summed E-state index contributed by atoms with van der Waals surface area (Å²) in [5.41, 5.74) is 1.67. The van der Waals surface area contributed by atoms with Gasteiger partial charge in [0.25, 0.3) is 0 Å². The van der Waals surface area contributed by atoms with E-state index in [1.165, 1.54) is 0 Å². The lowest BCUT2D eigenvalue weighted by atomic mass is 10.1. The van der Waals surface area contributed by atoms with Gasteiger partial charge >= 0.3 is 0 Å². The van der Waals surface area contributed by atoms with Crippen LogP contribution in [0.25, 0.3) is 11.4 Å². The van der Waals surface area contributed by atoms with Crippen molar-refractivity contribution in [2.45, 2.75) is 0 Å². The Balaban J connectivity index is 1.94. The fourth-order valence-corrected chi connectivity index (χ4v) is 2.20. The summed E-state index contributed by atoms with van der Waals surface area (Å²) in [7, 11) is 5.45. The van der Waals surface area contributed by atoms with Crippen LogP contribution in [-0.4, -0.2) is 46.3 Å². The molecule has 22 heavy (non-hydrogen) atoms. The number of nitrogens with zero attached hydrogens (tertiary/aromatic N) is 5. The number of nitrogens with one attached hydrogen (secondary N) is 1. The summed E-state index contributed by atoms with van der Waals surface area (Å²) >= 11 is 0. The predicted molar refractivity (Wildman–Crippen MR) is 85.8 cm³/mol. The van der Waals surface area contributed by atoms with Crippen LogP contribution in [0.3, 0.4) is 0 Å². The van der Waals surface area contributed by atoms with E-state index in [-0.39, 0.29) is 0 Å². The third-order valence-corrected chi connectivity index (χ3v) is 3.27. The molecule has 7 heteroatoms. The van der Waals surface area contributed by atoms with Crippen molar-refractivity contribution in [2.24, 2.45) is 12.0 Å². The number of amidine groups is 1. The summed E-state index contributed by atoms with van der Waals surface area (Å²) in [6.45, 7) is 0.628. The number of para-hydroxylation sites is 1. The van der Waals surface area contributed by atoms with Crippen molar-refractivity contribution in [2.75, 3.05) is 26.1 Å². The summed E-state index contributed by atoms with van der Waals surface area (Å²) in [5.74, 6) is 2.12. The molecule has 1 N–H and O–H groups in total. The highest BCUT2D eigenvalue weighted by atomic mass is 16.5. The van der Waals surface area contributed by atoms with Gasteiger partial charge < -0.3 is 15.0 Å². The summed E-state index contributed by atoms with van der Waals surface area (Å²) in [5, 5.41) is 7.62. The molecule has 1 aliphatic rings. The lowest BCUT2D eigenvalue weighted by Crippen LogP contribution is -2.21. The summed E-state index contributed by atoms with van der Waals surface area (Å²) < 4.78 is 7.23. The summed E-state index contributed by atoms with van der Waals surface area (Å²) in [4.78, 5) is 10.7. The highest BCUT2D eigenvalue weighted by molar-refractivity contribution is 6.05. The molecule has 0 saturated heterocycles. The number of rotatable bonds is 3. The van der Waals surface area contributed by atoms with Gasteiger partial charge in [-0.1, -0.05) is 6.07 Å². The second kappa shape index (κ2) is 5.88. The van der Waals surface area contributed by atoms with Crippen LogP contribution in [-0.2, 0) is 7.05 Å². The average Bonchev–Trinajstić information content (AvgIpc) is 2.96. The van der Waals surface area contributed by atoms with E-state index in [2.05, 4.69) is 20.4 Å². The normalized spacial score (nSPS) is 14.0. The van der Waals surface area contributed by atoms with E-state index in [1.54, 1.807) is 18.1 Å². The monoisotopic (exact) mass is 298 g/mol. The molecule has 0 saturated carbocycles. The first-order valence-electron chi connectivity index (χ1n) is 6.90. The minimum atomic E-state index is 0.628. The van der Waals surface area contributed by atoms with Crippen molar-refractivity contribution < 1.29 is 4.74 Å². The lowest BCUT2D eigenvalue weighted by molar-refractivity contribution is 0.418. The minimum absolute atomic E-state index is 0.628. The fraction of sp³-hybridized carbons (Fsp3) is 0.267. The largest absolute Gasteiger partial charge is 0.494 e. The quantitative estimate of drug-likeness (QED) is 0.934. The van der Waals surface area contributed by atoms with Gasteiger partial charge in [0.05, 0.1) is 18.4 Å². The molecule has 1 aromatic carbocycles. The van der Waals surface area contributed by atoms with Gasteiger partial charge in [0.15, 0.2) is 11.6 Å². The van der Waals surface area contributed by atoms with E-state index < -0.39 is 0 Å². The van der Waals surface area contributed by atoms with Crippen molar-refractivity contribution in [3.63, 3.8) is 0 Å². The standard InChI is InChI=1S/C15H18N6O/c1-20-8-7-13(16-9-20)18-12-6-4-5-11(14(12)22-3)15-17-10-21(2)19-15/h4-8,10H,9H2,1-3H3,(H,16,18). The number of hydrogen-bond acceptors (Lipinski definition) is 6. The highest BCUT2D eigenvalue weighted by Gasteiger charge is 2.15. The van der Waals surface area contributed by atoms with Crippen LogP contribution >= 0.6 is 0 Å². The van der Waals surface area contributed by atoms with E-state index >= 15 is 0 Å². The molecule has 0 radical (unpaired) electrons. The minimum Gasteiger partial charge on any atom is -0.494 e. The average molecular weight is 298 g/mol. The Morgan fingerprint density at radius 1 is 1.27 bits per heavy atom. The molecule has 1 aromatic heterocycles. The Morgan fingerprint density at radius 3 is 2.77 bits per heavy atom.